The highest BCUT2D eigenvalue weighted by Crippen LogP contribution is 2.36. The van der Waals surface area contributed by atoms with Crippen LogP contribution in [0.4, 0.5) is 16.2 Å². The van der Waals surface area contributed by atoms with Crippen molar-refractivity contribution in [3.05, 3.63) is 23.5 Å². The predicted molar refractivity (Wildman–Crippen MR) is 74.1 cm³/mol. The molecular formula is C13H12FN5O2. The van der Waals surface area contributed by atoms with Crippen LogP contribution in [0.15, 0.2) is 12.1 Å². The van der Waals surface area contributed by atoms with E-state index in [9.17, 15) is 4.39 Å². The molecule has 0 atom stereocenters. The summed E-state index contributed by atoms with van der Waals surface area (Å²) in [5.74, 6) is -0.424. The number of nitriles is 1. The maximum atomic E-state index is 14.2. The van der Waals surface area contributed by atoms with Crippen LogP contribution in [0, 0.1) is 17.1 Å². The third-order valence-electron chi connectivity index (χ3n) is 2.79. The average molecular weight is 289 g/mol. The number of methoxy groups -OCH3 is 2. The van der Waals surface area contributed by atoms with Gasteiger partial charge in [0.2, 0.25) is 5.95 Å². The van der Waals surface area contributed by atoms with Crippen molar-refractivity contribution in [2.75, 3.05) is 25.7 Å². The molecule has 0 radical (unpaired) electrons. The lowest BCUT2D eigenvalue weighted by molar-refractivity contribution is 0.352. The van der Waals surface area contributed by atoms with Crippen molar-refractivity contribution in [1.29, 1.82) is 5.26 Å². The number of nitrogen functional groups attached to an aromatic ring is 2. The molecule has 1 aromatic carbocycles. The Morgan fingerprint density at radius 1 is 1.14 bits per heavy atom. The molecule has 0 amide bonds. The van der Waals surface area contributed by atoms with E-state index in [0.717, 1.165) is 6.07 Å². The largest absolute Gasteiger partial charge is 0.493 e. The normalized spacial score (nSPS) is 10.0. The second-order valence-electron chi connectivity index (χ2n) is 3.99. The standard InChI is InChI=1S/C13H12FN5O2/c1-20-9-3-6(8(14)4-10(9)21-2)11-7(5-15)12(16)19-13(17)18-11/h3-4H,1-2H3,(H4,16,17,18,19). The Labute approximate surface area is 119 Å². The van der Waals surface area contributed by atoms with Gasteiger partial charge in [-0.3, -0.25) is 0 Å². The number of ether oxygens (including phenoxy) is 2. The summed E-state index contributed by atoms with van der Waals surface area (Å²) in [5, 5.41) is 9.14. The topological polar surface area (TPSA) is 120 Å². The van der Waals surface area contributed by atoms with Crippen LogP contribution in [0.1, 0.15) is 5.56 Å². The molecule has 0 unspecified atom stereocenters. The highest BCUT2D eigenvalue weighted by Gasteiger charge is 2.19. The maximum Gasteiger partial charge on any atom is 0.222 e. The Morgan fingerprint density at radius 3 is 2.33 bits per heavy atom. The van der Waals surface area contributed by atoms with E-state index in [-0.39, 0.29) is 40.1 Å². The average Bonchev–Trinajstić information content (AvgIpc) is 2.46. The first-order chi connectivity index (χ1) is 10.0. The Bertz CT molecular complexity index is 742. The Hall–Kier alpha value is -3.08. The van der Waals surface area contributed by atoms with Gasteiger partial charge in [0.1, 0.15) is 23.3 Å². The van der Waals surface area contributed by atoms with Crippen molar-refractivity contribution in [2.24, 2.45) is 0 Å². The molecule has 4 N–H and O–H groups in total. The van der Waals surface area contributed by atoms with Gasteiger partial charge in [-0.15, -0.1) is 0 Å². The van der Waals surface area contributed by atoms with E-state index in [1.165, 1.54) is 20.3 Å². The molecule has 1 aromatic heterocycles. The van der Waals surface area contributed by atoms with Crippen LogP contribution in [0.5, 0.6) is 11.5 Å². The van der Waals surface area contributed by atoms with E-state index in [1.807, 2.05) is 6.07 Å². The lowest BCUT2D eigenvalue weighted by atomic mass is 10.1. The summed E-state index contributed by atoms with van der Waals surface area (Å²) in [6.45, 7) is 0. The Balaban J connectivity index is 2.76. The Kier molecular flexibility index (Phi) is 3.75. The smallest absolute Gasteiger partial charge is 0.222 e. The van der Waals surface area contributed by atoms with Gasteiger partial charge in [-0.25, -0.2) is 9.37 Å². The van der Waals surface area contributed by atoms with E-state index < -0.39 is 5.82 Å². The number of nitrogens with two attached hydrogens (primary N) is 2. The van der Waals surface area contributed by atoms with Crippen LogP contribution >= 0.6 is 0 Å². The van der Waals surface area contributed by atoms with Gasteiger partial charge < -0.3 is 20.9 Å². The van der Waals surface area contributed by atoms with Crippen molar-refractivity contribution >= 4 is 11.8 Å². The van der Waals surface area contributed by atoms with Gasteiger partial charge in [-0.05, 0) is 6.07 Å². The lowest BCUT2D eigenvalue weighted by Crippen LogP contribution is -2.06. The number of halogens is 1. The highest BCUT2D eigenvalue weighted by molar-refractivity contribution is 5.75. The van der Waals surface area contributed by atoms with E-state index >= 15 is 0 Å². The summed E-state index contributed by atoms with van der Waals surface area (Å²) in [5.41, 5.74) is 11.1. The van der Waals surface area contributed by atoms with Gasteiger partial charge in [0.15, 0.2) is 11.5 Å². The molecule has 0 aliphatic rings. The second kappa shape index (κ2) is 5.50. The van der Waals surface area contributed by atoms with E-state index in [2.05, 4.69) is 9.97 Å². The van der Waals surface area contributed by atoms with E-state index in [4.69, 9.17) is 26.2 Å². The molecular weight excluding hydrogens is 277 g/mol. The zero-order chi connectivity index (χ0) is 15.6. The van der Waals surface area contributed by atoms with Gasteiger partial charge in [-0.1, -0.05) is 0 Å². The van der Waals surface area contributed by atoms with E-state index in [0.29, 0.717) is 0 Å². The molecule has 0 aliphatic carbocycles. The maximum absolute atomic E-state index is 14.2. The first-order valence-corrected chi connectivity index (χ1v) is 5.76. The first kappa shape index (κ1) is 14.3. The number of nitrogens with zero attached hydrogens (tertiary/aromatic N) is 3. The molecule has 2 rings (SSSR count). The molecule has 108 valence electrons. The molecule has 0 aliphatic heterocycles. The van der Waals surface area contributed by atoms with Gasteiger partial charge in [0.25, 0.3) is 0 Å². The second-order valence-corrected chi connectivity index (χ2v) is 3.99. The van der Waals surface area contributed by atoms with Crippen LogP contribution in [-0.2, 0) is 0 Å². The number of hydrogen-bond donors (Lipinski definition) is 2. The fourth-order valence-corrected chi connectivity index (χ4v) is 1.84. The summed E-state index contributed by atoms with van der Waals surface area (Å²) in [7, 11) is 2.80. The summed E-state index contributed by atoms with van der Waals surface area (Å²) in [6, 6.07) is 4.32. The molecule has 0 fully saturated rings. The molecule has 21 heavy (non-hydrogen) atoms. The molecule has 0 spiro atoms. The monoisotopic (exact) mass is 289 g/mol. The van der Waals surface area contributed by atoms with Crippen molar-refractivity contribution in [3.8, 4) is 28.8 Å². The fourth-order valence-electron chi connectivity index (χ4n) is 1.84. The van der Waals surface area contributed by atoms with Gasteiger partial charge >= 0.3 is 0 Å². The summed E-state index contributed by atoms with van der Waals surface area (Å²) >= 11 is 0. The van der Waals surface area contributed by atoms with Crippen molar-refractivity contribution < 1.29 is 13.9 Å². The molecule has 0 saturated heterocycles. The van der Waals surface area contributed by atoms with Crippen molar-refractivity contribution in [2.45, 2.75) is 0 Å². The van der Waals surface area contributed by atoms with E-state index in [1.54, 1.807) is 0 Å². The van der Waals surface area contributed by atoms with Gasteiger partial charge in [-0.2, -0.15) is 10.2 Å². The van der Waals surface area contributed by atoms with Crippen LogP contribution in [0.2, 0.25) is 0 Å². The van der Waals surface area contributed by atoms with Crippen LogP contribution < -0.4 is 20.9 Å². The SMILES string of the molecule is COc1cc(F)c(-c2nc(N)nc(N)c2C#N)cc1OC. The summed E-state index contributed by atoms with van der Waals surface area (Å²) in [6.07, 6.45) is 0. The first-order valence-electron chi connectivity index (χ1n) is 5.76. The number of anilines is 2. The third kappa shape index (κ3) is 2.49. The van der Waals surface area contributed by atoms with Crippen molar-refractivity contribution in [1.82, 2.24) is 9.97 Å². The quantitative estimate of drug-likeness (QED) is 0.874. The molecule has 8 heteroatoms. The Morgan fingerprint density at radius 2 is 1.76 bits per heavy atom. The molecule has 0 saturated carbocycles. The fraction of sp³-hybridized carbons (Fsp3) is 0.154. The molecule has 2 aromatic rings. The summed E-state index contributed by atoms with van der Waals surface area (Å²) < 4.78 is 24.3. The minimum absolute atomic E-state index is 0.000882. The zero-order valence-electron chi connectivity index (χ0n) is 11.3. The van der Waals surface area contributed by atoms with Crippen molar-refractivity contribution in [3.63, 3.8) is 0 Å². The lowest BCUT2D eigenvalue weighted by Gasteiger charge is -2.12. The minimum atomic E-state index is -0.651. The molecule has 1 heterocycles. The molecule has 7 nitrogen and oxygen atoms in total. The number of aromatic nitrogens is 2. The predicted octanol–water partition coefficient (Wildman–Crippen LogP) is 1.34. The molecule has 0 bridgehead atoms. The number of benzene rings is 1. The van der Waals surface area contributed by atoms with Gasteiger partial charge in [0, 0.05) is 11.6 Å². The third-order valence-corrected chi connectivity index (χ3v) is 2.79. The number of hydrogen-bond acceptors (Lipinski definition) is 7. The number of rotatable bonds is 3. The van der Waals surface area contributed by atoms with Crippen LogP contribution in [-0.4, -0.2) is 24.2 Å². The minimum Gasteiger partial charge on any atom is -0.493 e. The van der Waals surface area contributed by atoms with Crippen LogP contribution in [0.3, 0.4) is 0 Å². The van der Waals surface area contributed by atoms with Crippen LogP contribution in [0.25, 0.3) is 11.3 Å². The van der Waals surface area contributed by atoms with Gasteiger partial charge in [0.05, 0.1) is 19.9 Å². The summed E-state index contributed by atoms with van der Waals surface area (Å²) in [4.78, 5) is 7.57. The highest BCUT2D eigenvalue weighted by atomic mass is 19.1. The zero-order valence-corrected chi connectivity index (χ0v) is 11.3.